The van der Waals surface area contributed by atoms with Gasteiger partial charge in [0, 0.05) is 35.9 Å². The number of halogens is 1. The smallest absolute Gasteiger partial charge is 0.462 e. The van der Waals surface area contributed by atoms with Gasteiger partial charge in [0.25, 0.3) is 0 Å². The number of carbonyl (C=O) groups is 4. The summed E-state index contributed by atoms with van der Waals surface area (Å²) < 4.78 is 41.7. The first-order valence-electron chi connectivity index (χ1n) is 10.5. The summed E-state index contributed by atoms with van der Waals surface area (Å²) in [6, 6.07) is 0. The molecule has 0 amide bonds. The Kier molecular flexibility index (Phi) is 16.9. The molecule has 0 saturated heterocycles. The standard InChI is InChI=1S/C19H34BrN2O12P/c1-14(23)29-10-16(34-19(20)26)13-32-35(27,28)31-12-15(33-18(25)7-9-22(4)5)11-30-17(24)6-8-21(2)3/h15-16H,6-13H2,1-5H3,(H,27,28)/t15?,16-/m1/s1. The molecule has 35 heavy (non-hydrogen) atoms. The third-order valence-corrected chi connectivity index (χ3v) is 4.97. The van der Waals surface area contributed by atoms with Gasteiger partial charge in [-0.15, -0.1) is 0 Å². The van der Waals surface area contributed by atoms with Crippen LogP contribution < -0.4 is 0 Å². The lowest BCUT2D eigenvalue weighted by Gasteiger charge is -2.21. The predicted molar refractivity (Wildman–Crippen MR) is 125 cm³/mol. The molecule has 0 aromatic rings. The van der Waals surface area contributed by atoms with E-state index in [-0.39, 0.29) is 12.8 Å². The number of esters is 3. The quantitative estimate of drug-likeness (QED) is 0.103. The molecule has 0 aliphatic rings. The number of phosphoric ester groups is 1. The van der Waals surface area contributed by atoms with E-state index >= 15 is 0 Å². The maximum atomic E-state index is 12.3. The van der Waals surface area contributed by atoms with Gasteiger partial charge in [-0.3, -0.25) is 23.4 Å². The average molecular weight is 593 g/mol. The van der Waals surface area contributed by atoms with Crippen LogP contribution in [0.3, 0.4) is 0 Å². The number of hydrogen-bond acceptors (Lipinski definition) is 13. The Balaban J connectivity index is 4.96. The van der Waals surface area contributed by atoms with E-state index in [0.717, 1.165) is 6.92 Å². The Morgan fingerprint density at radius 3 is 1.71 bits per heavy atom. The van der Waals surface area contributed by atoms with Crippen LogP contribution in [0.1, 0.15) is 19.8 Å². The molecule has 14 nitrogen and oxygen atoms in total. The molecule has 0 aliphatic heterocycles. The molecule has 0 aliphatic carbocycles. The lowest BCUT2D eigenvalue weighted by molar-refractivity contribution is -0.161. The zero-order chi connectivity index (χ0) is 27.0. The van der Waals surface area contributed by atoms with E-state index in [9.17, 15) is 28.6 Å². The van der Waals surface area contributed by atoms with Crippen LogP contribution in [0.2, 0.25) is 0 Å². The van der Waals surface area contributed by atoms with Crippen LogP contribution in [-0.2, 0) is 46.9 Å². The monoisotopic (exact) mass is 592 g/mol. The Hall–Kier alpha value is -1.61. The summed E-state index contributed by atoms with van der Waals surface area (Å²) in [5, 5.41) is 0. The second-order valence-corrected chi connectivity index (χ2v) is 9.84. The van der Waals surface area contributed by atoms with Crippen molar-refractivity contribution in [2.45, 2.75) is 32.0 Å². The Morgan fingerprint density at radius 1 is 0.800 bits per heavy atom. The van der Waals surface area contributed by atoms with Crippen molar-refractivity contribution in [1.82, 2.24) is 9.80 Å². The van der Waals surface area contributed by atoms with Crippen LogP contribution in [0.25, 0.3) is 0 Å². The van der Waals surface area contributed by atoms with Gasteiger partial charge in [-0.25, -0.2) is 9.36 Å². The van der Waals surface area contributed by atoms with Crippen LogP contribution in [0.5, 0.6) is 0 Å². The van der Waals surface area contributed by atoms with Crippen LogP contribution in [0.15, 0.2) is 0 Å². The number of ether oxygens (including phenoxy) is 4. The summed E-state index contributed by atoms with van der Waals surface area (Å²) in [5.74, 6) is -1.85. The highest BCUT2D eigenvalue weighted by Crippen LogP contribution is 2.43. The van der Waals surface area contributed by atoms with Crippen molar-refractivity contribution < 1.29 is 56.6 Å². The summed E-state index contributed by atoms with van der Waals surface area (Å²) >= 11 is 2.53. The largest absolute Gasteiger partial charge is 0.472 e. The second-order valence-electron chi connectivity index (χ2n) is 7.74. The van der Waals surface area contributed by atoms with Gasteiger partial charge in [-0.05, 0) is 28.2 Å². The molecule has 1 N–H and O–H groups in total. The molecule has 0 saturated carbocycles. The lowest BCUT2D eigenvalue weighted by Crippen LogP contribution is -2.31. The molecule has 0 aromatic carbocycles. The van der Waals surface area contributed by atoms with Crippen LogP contribution in [-0.4, -0.2) is 117 Å². The van der Waals surface area contributed by atoms with Gasteiger partial charge in [0.1, 0.15) is 13.2 Å². The Bertz CT molecular complexity index is 737. The fraction of sp³-hybridized carbons (Fsp3) is 0.789. The van der Waals surface area contributed by atoms with Gasteiger partial charge in [0.05, 0.1) is 26.1 Å². The highest BCUT2D eigenvalue weighted by atomic mass is 79.9. The number of hydrogen-bond donors (Lipinski definition) is 1. The molecule has 0 spiro atoms. The fourth-order valence-corrected chi connectivity index (χ4v) is 3.15. The molecule has 3 atom stereocenters. The van der Waals surface area contributed by atoms with Crippen LogP contribution >= 0.6 is 23.8 Å². The van der Waals surface area contributed by atoms with E-state index in [0.29, 0.717) is 13.1 Å². The van der Waals surface area contributed by atoms with Gasteiger partial charge in [0.2, 0.25) is 0 Å². The van der Waals surface area contributed by atoms with E-state index in [1.807, 2.05) is 0 Å². The van der Waals surface area contributed by atoms with E-state index < -0.39 is 69.2 Å². The van der Waals surface area contributed by atoms with Crippen molar-refractivity contribution in [3.8, 4) is 0 Å². The van der Waals surface area contributed by atoms with Crippen molar-refractivity contribution >= 4 is 46.5 Å². The molecule has 0 aromatic heterocycles. The number of carbonyl (C=O) groups excluding carboxylic acids is 4. The molecule has 204 valence electrons. The topological polar surface area (TPSA) is 167 Å². The normalized spacial score (nSPS) is 14.7. The van der Waals surface area contributed by atoms with Gasteiger partial charge in [-0.2, -0.15) is 0 Å². The number of phosphoric acid groups is 1. The van der Waals surface area contributed by atoms with E-state index in [2.05, 4.69) is 15.9 Å². The van der Waals surface area contributed by atoms with Gasteiger partial charge < -0.3 is 33.6 Å². The maximum Gasteiger partial charge on any atom is 0.472 e. The van der Waals surface area contributed by atoms with Crippen molar-refractivity contribution in [1.29, 1.82) is 0 Å². The average Bonchev–Trinajstić information content (AvgIpc) is 2.74. The van der Waals surface area contributed by atoms with E-state index in [1.165, 1.54) is 0 Å². The van der Waals surface area contributed by atoms with Crippen LogP contribution in [0, 0.1) is 0 Å². The highest BCUT2D eigenvalue weighted by Gasteiger charge is 2.28. The maximum absolute atomic E-state index is 12.3. The fourth-order valence-electron chi connectivity index (χ4n) is 2.10. The van der Waals surface area contributed by atoms with E-state index in [1.54, 1.807) is 38.0 Å². The minimum Gasteiger partial charge on any atom is -0.462 e. The van der Waals surface area contributed by atoms with Crippen LogP contribution in [0.4, 0.5) is 4.79 Å². The summed E-state index contributed by atoms with van der Waals surface area (Å²) in [6.45, 7) is -0.151. The molecule has 0 radical (unpaired) electrons. The SMILES string of the molecule is CC(=O)OC[C@H](COP(=O)(O)OCC(COC(=O)CCN(C)C)OC(=O)CCN(C)C)OC(=O)Br. The predicted octanol–water partition coefficient (Wildman–Crippen LogP) is 0.942. The number of rotatable bonds is 18. The molecular weight excluding hydrogens is 559 g/mol. The molecule has 16 heteroatoms. The van der Waals surface area contributed by atoms with E-state index in [4.69, 9.17) is 28.0 Å². The first kappa shape index (κ1) is 33.4. The molecular formula is C19H34BrN2O12P. The minimum absolute atomic E-state index is 0.0289. The molecule has 0 bridgehead atoms. The molecule has 0 rings (SSSR count). The zero-order valence-corrected chi connectivity index (χ0v) is 22.9. The Labute approximate surface area is 212 Å². The summed E-state index contributed by atoms with van der Waals surface area (Å²) in [4.78, 5) is 58.6. The van der Waals surface area contributed by atoms with Crippen molar-refractivity contribution in [2.75, 3.05) is 67.7 Å². The van der Waals surface area contributed by atoms with Crippen molar-refractivity contribution in [3.63, 3.8) is 0 Å². The van der Waals surface area contributed by atoms with Gasteiger partial charge in [0.15, 0.2) is 12.2 Å². The Morgan fingerprint density at radius 2 is 1.26 bits per heavy atom. The first-order chi connectivity index (χ1) is 16.2. The zero-order valence-electron chi connectivity index (χ0n) is 20.5. The molecule has 0 heterocycles. The first-order valence-corrected chi connectivity index (χ1v) is 12.7. The minimum atomic E-state index is -4.73. The third kappa shape index (κ3) is 20.3. The summed E-state index contributed by atoms with van der Waals surface area (Å²) in [6.07, 6.45) is -2.27. The van der Waals surface area contributed by atoms with Crippen molar-refractivity contribution in [3.05, 3.63) is 0 Å². The third-order valence-electron chi connectivity index (χ3n) is 3.83. The van der Waals surface area contributed by atoms with Gasteiger partial charge in [-0.1, -0.05) is 0 Å². The van der Waals surface area contributed by atoms with Crippen molar-refractivity contribution in [2.24, 2.45) is 0 Å². The molecule has 0 fully saturated rings. The highest BCUT2D eigenvalue weighted by molar-refractivity contribution is 9.18. The second kappa shape index (κ2) is 17.8. The summed E-state index contributed by atoms with van der Waals surface area (Å²) in [7, 11) is 2.36. The van der Waals surface area contributed by atoms with Gasteiger partial charge >= 0.3 is 30.6 Å². The molecule has 2 unspecified atom stereocenters. The number of nitrogens with zero attached hydrogens (tertiary/aromatic N) is 2. The lowest BCUT2D eigenvalue weighted by atomic mass is 10.3. The summed E-state index contributed by atoms with van der Waals surface area (Å²) in [5.41, 5.74) is 0.